The molecule has 2 heterocycles. The summed E-state index contributed by atoms with van der Waals surface area (Å²) in [6, 6.07) is 11.2. The number of non-ortho nitro benzene ring substituents is 1. The van der Waals surface area contributed by atoms with Gasteiger partial charge in [-0.3, -0.25) is 10.1 Å². The molecule has 0 amide bonds. The van der Waals surface area contributed by atoms with Gasteiger partial charge in [0.2, 0.25) is 0 Å². The van der Waals surface area contributed by atoms with Crippen LogP contribution < -0.4 is 5.73 Å². The van der Waals surface area contributed by atoms with E-state index in [-0.39, 0.29) is 10.6 Å². The Morgan fingerprint density at radius 3 is 1.76 bits per heavy atom. The van der Waals surface area contributed by atoms with E-state index in [1.807, 2.05) is 25.2 Å². The molecule has 2 aliphatic rings. The van der Waals surface area contributed by atoms with Crippen molar-refractivity contribution in [2.24, 2.45) is 14.1 Å². The molecule has 0 bridgehead atoms. The van der Waals surface area contributed by atoms with E-state index in [2.05, 4.69) is 37.1 Å². The summed E-state index contributed by atoms with van der Waals surface area (Å²) in [5.41, 5.74) is 10.8. The van der Waals surface area contributed by atoms with E-state index in [4.69, 9.17) is 5.73 Å². The van der Waals surface area contributed by atoms with Gasteiger partial charge in [-0.1, -0.05) is 0 Å². The minimum absolute atomic E-state index is 0.0948. The third kappa shape index (κ3) is 4.60. The number of nitrogen functional groups attached to an aromatic ring is 1. The molecule has 2 fully saturated rings. The fourth-order valence-electron chi connectivity index (χ4n) is 3.93. The number of nitrogens with two attached hydrogens (primary N) is 1. The summed E-state index contributed by atoms with van der Waals surface area (Å²) >= 11 is 0. The van der Waals surface area contributed by atoms with Gasteiger partial charge in [0.15, 0.2) is 11.6 Å². The minimum Gasteiger partial charge on any atom is -0.399 e. The SMILES string of the molecule is Cn1nnnc1-c1cc(C2CC2)cc([N+](=O)[O-])c1.Cn1nnnc1-c1cc(N)cc(C2CC2)c1. The van der Waals surface area contributed by atoms with Crippen molar-refractivity contribution in [2.45, 2.75) is 37.5 Å². The Kier molecular flexibility index (Phi) is 5.48. The summed E-state index contributed by atoms with van der Waals surface area (Å²) < 4.78 is 3.17. The molecule has 0 unspecified atom stereocenters. The van der Waals surface area contributed by atoms with Crippen LogP contribution in [0.5, 0.6) is 0 Å². The lowest BCUT2D eigenvalue weighted by molar-refractivity contribution is -0.384. The number of tetrazole rings is 2. The summed E-state index contributed by atoms with van der Waals surface area (Å²) in [6.45, 7) is 0. The lowest BCUT2D eigenvalue weighted by Crippen LogP contribution is -1.97. The monoisotopic (exact) mass is 460 g/mol. The lowest BCUT2D eigenvalue weighted by Gasteiger charge is -2.05. The van der Waals surface area contributed by atoms with Gasteiger partial charge in [0.25, 0.3) is 5.69 Å². The van der Waals surface area contributed by atoms with E-state index in [0.29, 0.717) is 23.2 Å². The molecule has 2 aromatic carbocycles. The predicted octanol–water partition coefficient (Wildman–Crippen LogP) is 3.00. The highest BCUT2D eigenvalue weighted by Crippen LogP contribution is 2.43. The van der Waals surface area contributed by atoms with Gasteiger partial charge in [-0.25, -0.2) is 9.36 Å². The highest BCUT2D eigenvalue weighted by molar-refractivity contribution is 5.63. The van der Waals surface area contributed by atoms with Crippen LogP contribution in [0.4, 0.5) is 11.4 Å². The fourth-order valence-corrected chi connectivity index (χ4v) is 3.93. The second kappa shape index (κ2) is 8.61. The standard InChI is InChI=1S/C11H11N5O2.C11H13N5/c1-15-11(12-13-14-15)9-4-8(7-2-3-7)5-10(6-9)16(17)18;1-16-11(13-14-15-16)9-4-8(7-2-3-7)5-10(12)6-9/h4-7H,2-3H2,1H3;4-7H,2-3,12H2,1H3. The molecule has 0 radical (unpaired) electrons. The first-order chi connectivity index (χ1) is 16.4. The number of hydrogen-bond acceptors (Lipinski definition) is 9. The molecule has 2 saturated carbocycles. The van der Waals surface area contributed by atoms with Gasteiger partial charge >= 0.3 is 0 Å². The zero-order valence-corrected chi connectivity index (χ0v) is 18.9. The molecule has 2 aromatic heterocycles. The Morgan fingerprint density at radius 1 is 0.824 bits per heavy atom. The molecule has 2 N–H and O–H groups in total. The fraction of sp³-hybridized carbons (Fsp3) is 0.364. The topological polar surface area (TPSA) is 156 Å². The lowest BCUT2D eigenvalue weighted by atomic mass is 10.1. The third-order valence-electron chi connectivity index (χ3n) is 5.98. The number of nitro groups is 1. The molecule has 0 saturated heterocycles. The van der Waals surface area contributed by atoms with Gasteiger partial charge < -0.3 is 5.73 Å². The average Bonchev–Trinajstić information content (AvgIpc) is 3.74. The molecule has 12 nitrogen and oxygen atoms in total. The number of nitro benzene ring substituents is 1. The van der Waals surface area contributed by atoms with Crippen LogP contribution in [-0.2, 0) is 14.1 Å². The van der Waals surface area contributed by atoms with Gasteiger partial charge in [-0.15, -0.1) is 10.2 Å². The molecule has 4 aromatic rings. The number of aromatic nitrogens is 8. The van der Waals surface area contributed by atoms with E-state index >= 15 is 0 Å². The van der Waals surface area contributed by atoms with Crippen LogP contribution in [0, 0.1) is 10.1 Å². The van der Waals surface area contributed by atoms with Crippen molar-refractivity contribution >= 4 is 11.4 Å². The Balaban J connectivity index is 0.000000142. The number of anilines is 1. The van der Waals surface area contributed by atoms with Gasteiger partial charge in [0, 0.05) is 43.0 Å². The minimum atomic E-state index is -0.376. The van der Waals surface area contributed by atoms with Crippen molar-refractivity contribution in [3.63, 3.8) is 0 Å². The molecule has 2 aliphatic carbocycles. The molecule has 34 heavy (non-hydrogen) atoms. The predicted molar refractivity (Wildman–Crippen MR) is 123 cm³/mol. The Morgan fingerprint density at radius 2 is 1.32 bits per heavy atom. The second-order valence-electron chi connectivity index (χ2n) is 8.76. The van der Waals surface area contributed by atoms with E-state index in [9.17, 15) is 10.1 Å². The molecular formula is C22H24N10O2. The van der Waals surface area contributed by atoms with Gasteiger partial charge in [-0.05, 0) is 93.8 Å². The van der Waals surface area contributed by atoms with Crippen molar-refractivity contribution < 1.29 is 4.92 Å². The summed E-state index contributed by atoms with van der Waals surface area (Å²) in [6.07, 6.45) is 4.72. The number of rotatable bonds is 5. The Labute approximate surface area is 194 Å². The summed E-state index contributed by atoms with van der Waals surface area (Å²) in [4.78, 5) is 10.6. The Hall–Kier alpha value is -4.22. The molecule has 0 aliphatic heterocycles. The van der Waals surface area contributed by atoms with Crippen LogP contribution in [0.3, 0.4) is 0 Å². The third-order valence-corrected chi connectivity index (χ3v) is 5.98. The van der Waals surface area contributed by atoms with Crippen molar-refractivity contribution in [1.82, 2.24) is 40.4 Å². The molecule has 0 spiro atoms. The highest BCUT2D eigenvalue weighted by Gasteiger charge is 2.27. The number of benzene rings is 2. The van der Waals surface area contributed by atoms with Gasteiger partial charge in [-0.2, -0.15) is 0 Å². The van der Waals surface area contributed by atoms with Crippen molar-refractivity contribution in [3.8, 4) is 22.8 Å². The van der Waals surface area contributed by atoms with Crippen LogP contribution in [0.15, 0.2) is 36.4 Å². The Bertz CT molecular complexity index is 1350. The van der Waals surface area contributed by atoms with Crippen molar-refractivity contribution in [3.05, 3.63) is 57.6 Å². The molecule has 6 rings (SSSR count). The summed E-state index contributed by atoms with van der Waals surface area (Å²) in [5.74, 6) is 2.43. The smallest absolute Gasteiger partial charge is 0.270 e. The zero-order chi connectivity index (χ0) is 23.8. The van der Waals surface area contributed by atoms with E-state index in [1.165, 1.54) is 29.2 Å². The van der Waals surface area contributed by atoms with Crippen LogP contribution in [-0.4, -0.2) is 45.3 Å². The maximum Gasteiger partial charge on any atom is 0.270 e. The quantitative estimate of drug-likeness (QED) is 0.268. The number of aryl methyl sites for hydroxylation is 2. The first-order valence-electron chi connectivity index (χ1n) is 11.0. The van der Waals surface area contributed by atoms with Crippen LogP contribution in [0.2, 0.25) is 0 Å². The maximum atomic E-state index is 10.9. The second-order valence-corrected chi connectivity index (χ2v) is 8.76. The first kappa shape index (κ1) is 21.6. The average molecular weight is 461 g/mol. The number of hydrogen-bond donors (Lipinski definition) is 1. The maximum absolute atomic E-state index is 10.9. The number of nitrogens with zero attached hydrogens (tertiary/aromatic N) is 9. The van der Waals surface area contributed by atoms with E-state index < -0.39 is 0 Å². The molecule has 174 valence electrons. The zero-order valence-electron chi connectivity index (χ0n) is 18.9. The normalized spacial score (nSPS) is 15.0. The summed E-state index contributed by atoms with van der Waals surface area (Å²) in [7, 11) is 3.54. The van der Waals surface area contributed by atoms with E-state index in [1.54, 1.807) is 17.8 Å². The molecule has 0 atom stereocenters. The van der Waals surface area contributed by atoms with Crippen LogP contribution >= 0.6 is 0 Å². The van der Waals surface area contributed by atoms with Crippen molar-refractivity contribution in [1.29, 1.82) is 0 Å². The molecule has 12 heteroatoms. The van der Waals surface area contributed by atoms with E-state index in [0.717, 1.165) is 35.5 Å². The highest BCUT2D eigenvalue weighted by atomic mass is 16.6. The summed E-state index contributed by atoms with van der Waals surface area (Å²) in [5, 5.41) is 33.6. The largest absolute Gasteiger partial charge is 0.399 e. The van der Waals surface area contributed by atoms with Crippen LogP contribution in [0.25, 0.3) is 22.8 Å². The first-order valence-corrected chi connectivity index (χ1v) is 11.0. The van der Waals surface area contributed by atoms with Gasteiger partial charge in [0.1, 0.15) is 0 Å². The van der Waals surface area contributed by atoms with Gasteiger partial charge in [0.05, 0.1) is 4.92 Å². The molecular weight excluding hydrogens is 436 g/mol. The van der Waals surface area contributed by atoms with Crippen molar-refractivity contribution in [2.75, 3.05) is 5.73 Å². The van der Waals surface area contributed by atoms with Crippen LogP contribution in [0.1, 0.15) is 48.6 Å².